The number of aliphatic hydroxyl groups is 1. The second kappa shape index (κ2) is 6.56. The lowest BCUT2D eigenvalue weighted by molar-refractivity contribution is -0.165. The van der Waals surface area contributed by atoms with Gasteiger partial charge in [0, 0.05) is 12.0 Å². The second-order valence-corrected chi connectivity index (χ2v) is 3.11. The Labute approximate surface area is 84.5 Å². The van der Waals surface area contributed by atoms with Crippen molar-refractivity contribution in [3.63, 3.8) is 0 Å². The molecule has 0 bridgehead atoms. The lowest BCUT2D eigenvalue weighted by atomic mass is 10.3. The Morgan fingerprint density at radius 1 is 1.57 bits per heavy atom. The van der Waals surface area contributed by atoms with E-state index in [1.165, 1.54) is 6.92 Å². The maximum absolute atomic E-state index is 10.9. The molecule has 2 atom stereocenters. The minimum Gasteiger partial charge on any atom is -0.433 e. The van der Waals surface area contributed by atoms with Crippen molar-refractivity contribution in [2.45, 2.75) is 32.7 Å². The molecule has 0 heterocycles. The van der Waals surface area contributed by atoms with Crippen molar-refractivity contribution in [2.24, 2.45) is 0 Å². The van der Waals surface area contributed by atoms with E-state index in [1.54, 1.807) is 6.92 Å². The van der Waals surface area contributed by atoms with E-state index in [0.717, 1.165) is 0 Å². The molecule has 0 fully saturated rings. The van der Waals surface area contributed by atoms with Gasteiger partial charge in [0.15, 0.2) is 0 Å². The van der Waals surface area contributed by atoms with Crippen LogP contribution in [-0.4, -0.2) is 30.1 Å². The van der Waals surface area contributed by atoms with Gasteiger partial charge in [0.2, 0.25) is 6.29 Å². The quantitative estimate of drug-likeness (QED) is 0.396. The fraction of sp³-hybridized carbons (Fsp3) is 0.600. The molecule has 0 aliphatic heterocycles. The number of aliphatic hydroxyl groups excluding tert-OH is 1. The van der Waals surface area contributed by atoms with Gasteiger partial charge in [-0.05, 0) is 20.8 Å². The highest BCUT2D eigenvalue weighted by atomic mass is 16.6. The predicted molar refractivity (Wildman–Crippen MR) is 52.3 cm³/mol. The average Bonchev–Trinajstić information content (AvgIpc) is 2.02. The molecule has 1 radical (unpaired) electrons. The number of hydrogen-bond acceptors (Lipinski definition) is 4. The number of carbonyl (C=O) groups is 1. The summed E-state index contributed by atoms with van der Waals surface area (Å²) in [7, 11) is 0. The zero-order valence-corrected chi connectivity index (χ0v) is 8.66. The van der Waals surface area contributed by atoms with E-state index in [0.29, 0.717) is 6.61 Å². The Kier molecular flexibility index (Phi) is 6.16. The highest BCUT2D eigenvalue weighted by Gasteiger charge is 2.11. The van der Waals surface area contributed by atoms with Gasteiger partial charge < -0.3 is 14.6 Å². The largest absolute Gasteiger partial charge is 0.433 e. The van der Waals surface area contributed by atoms with Crippen LogP contribution in [0.1, 0.15) is 20.3 Å². The zero-order chi connectivity index (χ0) is 11.1. The molecule has 0 spiro atoms. The molecule has 14 heavy (non-hydrogen) atoms. The molecule has 1 N–H and O–H groups in total. The van der Waals surface area contributed by atoms with E-state index in [1.807, 2.05) is 0 Å². The maximum Gasteiger partial charge on any atom is 0.335 e. The molecule has 0 rings (SSSR count). The summed E-state index contributed by atoms with van der Waals surface area (Å²) < 4.78 is 9.68. The third-order valence-electron chi connectivity index (χ3n) is 1.36. The highest BCUT2D eigenvalue weighted by Crippen LogP contribution is 2.01. The first kappa shape index (κ1) is 13.1. The van der Waals surface area contributed by atoms with Gasteiger partial charge in [-0.1, -0.05) is 6.58 Å². The summed E-state index contributed by atoms with van der Waals surface area (Å²) >= 11 is 0. The third kappa shape index (κ3) is 6.62. The van der Waals surface area contributed by atoms with E-state index in [4.69, 9.17) is 4.74 Å². The second-order valence-electron chi connectivity index (χ2n) is 3.11. The van der Waals surface area contributed by atoms with Crippen molar-refractivity contribution in [1.82, 2.24) is 0 Å². The molecule has 0 saturated carbocycles. The molecule has 81 valence electrons. The van der Waals surface area contributed by atoms with Crippen molar-refractivity contribution in [3.05, 3.63) is 19.1 Å². The molecular formula is C10H17O4. The van der Waals surface area contributed by atoms with E-state index in [2.05, 4.69) is 18.2 Å². The number of hydrogen-bond donors (Lipinski definition) is 1. The summed E-state index contributed by atoms with van der Waals surface area (Å²) in [5, 5.41) is 9.20. The van der Waals surface area contributed by atoms with Crippen LogP contribution in [-0.2, 0) is 14.3 Å². The number of esters is 1. The summed E-state index contributed by atoms with van der Waals surface area (Å²) in [6.45, 7) is 10.6. The molecular weight excluding hydrogens is 184 g/mol. The molecule has 0 aromatic heterocycles. The first-order valence-electron chi connectivity index (χ1n) is 4.42. The Balaban J connectivity index is 3.60. The van der Waals surface area contributed by atoms with Crippen LogP contribution in [0.5, 0.6) is 0 Å². The van der Waals surface area contributed by atoms with Gasteiger partial charge >= 0.3 is 5.97 Å². The maximum atomic E-state index is 10.9. The third-order valence-corrected chi connectivity index (χ3v) is 1.36. The molecule has 0 aliphatic rings. The van der Waals surface area contributed by atoms with Crippen molar-refractivity contribution >= 4 is 5.97 Å². The normalized spacial score (nSPS) is 12.6. The van der Waals surface area contributed by atoms with Gasteiger partial charge in [-0.25, -0.2) is 4.79 Å². The predicted octanol–water partition coefficient (Wildman–Crippen LogP) is 1.05. The summed E-state index contributed by atoms with van der Waals surface area (Å²) in [6.07, 6.45) is -1.05. The van der Waals surface area contributed by atoms with Crippen LogP contribution in [0, 0.1) is 6.92 Å². The Morgan fingerprint density at radius 3 is 2.57 bits per heavy atom. The van der Waals surface area contributed by atoms with Crippen molar-refractivity contribution in [3.8, 4) is 0 Å². The van der Waals surface area contributed by atoms with E-state index in [9.17, 15) is 9.90 Å². The van der Waals surface area contributed by atoms with Crippen LogP contribution >= 0.6 is 0 Å². The number of rotatable bonds is 6. The zero-order valence-electron chi connectivity index (χ0n) is 8.66. The van der Waals surface area contributed by atoms with E-state index >= 15 is 0 Å². The van der Waals surface area contributed by atoms with Crippen molar-refractivity contribution < 1.29 is 19.4 Å². The molecule has 2 unspecified atom stereocenters. The molecule has 4 heteroatoms. The molecule has 0 aromatic carbocycles. The van der Waals surface area contributed by atoms with Crippen LogP contribution in [0.25, 0.3) is 0 Å². The smallest absolute Gasteiger partial charge is 0.335 e. The fourth-order valence-electron chi connectivity index (χ4n) is 0.653. The van der Waals surface area contributed by atoms with Crippen molar-refractivity contribution in [2.75, 3.05) is 6.61 Å². The summed E-state index contributed by atoms with van der Waals surface area (Å²) in [5.74, 6) is -0.597. The first-order chi connectivity index (χ1) is 6.43. The Morgan fingerprint density at radius 2 is 2.14 bits per heavy atom. The van der Waals surface area contributed by atoms with Crippen LogP contribution in [0.4, 0.5) is 0 Å². The van der Waals surface area contributed by atoms with Gasteiger partial charge in [-0.3, -0.25) is 0 Å². The minimum absolute atomic E-state index is 0.140. The summed E-state index contributed by atoms with van der Waals surface area (Å²) in [4.78, 5) is 10.9. The molecule has 4 nitrogen and oxygen atoms in total. The lowest BCUT2D eigenvalue weighted by Gasteiger charge is -2.13. The van der Waals surface area contributed by atoms with Crippen LogP contribution in [0.3, 0.4) is 0 Å². The summed E-state index contributed by atoms with van der Waals surface area (Å²) in [5.41, 5.74) is 0.260. The molecule has 0 aromatic rings. The Bertz CT molecular complexity index is 198. The molecule has 0 aliphatic carbocycles. The molecule has 0 amide bonds. The number of carbonyl (C=O) groups excluding carboxylic acids is 1. The van der Waals surface area contributed by atoms with Gasteiger partial charge in [-0.2, -0.15) is 0 Å². The standard InChI is InChI=1S/C10H17O4/c1-7(2)10(12)14-9(11)5-6-13-8(3)4/h8-9,11H,1,3,5-6H2,2,4H3. The lowest BCUT2D eigenvalue weighted by Crippen LogP contribution is -2.20. The van der Waals surface area contributed by atoms with E-state index < -0.39 is 12.3 Å². The first-order valence-corrected chi connectivity index (χ1v) is 4.42. The van der Waals surface area contributed by atoms with Gasteiger partial charge in [0.05, 0.1) is 12.7 Å². The van der Waals surface area contributed by atoms with Gasteiger partial charge in [0.1, 0.15) is 0 Å². The minimum atomic E-state index is -1.14. The SMILES string of the molecule is [CH2]C(C)OCCC(O)OC(=O)C(=C)C. The molecule has 0 saturated heterocycles. The van der Waals surface area contributed by atoms with Crippen molar-refractivity contribution in [1.29, 1.82) is 0 Å². The monoisotopic (exact) mass is 201 g/mol. The van der Waals surface area contributed by atoms with Crippen LogP contribution in [0.15, 0.2) is 12.2 Å². The van der Waals surface area contributed by atoms with Gasteiger partial charge in [-0.15, -0.1) is 0 Å². The fourth-order valence-corrected chi connectivity index (χ4v) is 0.653. The summed E-state index contributed by atoms with van der Waals surface area (Å²) in [6, 6.07) is 0. The number of ether oxygens (including phenoxy) is 2. The average molecular weight is 201 g/mol. The van der Waals surface area contributed by atoms with Gasteiger partial charge in [0.25, 0.3) is 0 Å². The van der Waals surface area contributed by atoms with E-state index in [-0.39, 0.29) is 18.1 Å². The topological polar surface area (TPSA) is 55.8 Å². The van der Waals surface area contributed by atoms with Crippen LogP contribution in [0.2, 0.25) is 0 Å². The van der Waals surface area contributed by atoms with Crippen LogP contribution < -0.4 is 0 Å². The Hall–Kier alpha value is -0.870. The highest BCUT2D eigenvalue weighted by molar-refractivity contribution is 5.86.